The van der Waals surface area contributed by atoms with Crippen molar-refractivity contribution in [3.63, 3.8) is 0 Å². The summed E-state index contributed by atoms with van der Waals surface area (Å²) < 4.78 is 12.9. The Morgan fingerprint density at radius 3 is 2.75 bits per heavy atom. The van der Waals surface area contributed by atoms with Crippen LogP contribution >= 0.6 is 0 Å². The van der Waals surface area contributed by atoms with Crippen molar-refractivity contribution in [2.45, 2.75) is 25.6 Å². The Labute approximate surface area is 95.0 Å². The topological polar surface area (TPSA) is 28.5 Å². The minimum Gasteiger partial charge on any atom is -0.299 e. The van der Waals surface area contributed by atoms with Crippen LogP contribution in [0.5, 0.6) is 0 Å². The third kappa shape index (κ3) is 2.85. The molecule has 0 N–H and O–H groups in total. The first kappa shape index (κ1) is 11.2. The minimum atomic E-state index is -0.610. The molecular weight excluding hydrogens is 205 g/mol. The van der Waals surface area contributed by atoms with Gasteiger partial charge in [0.15, 0.2) is 5.82 Å². The lowest BCUT2D eigenvalue weighted by Gasteiger charge is -2.28. The molecule has 0 aliphatic carbocycles. The standard InChI is InChI=1S/C12H16FN3/c1-14-12-3-2-10(8-15-12)9-16-6-4-11(13)5-7-16/h2-3,8,11H,1,4-7,9H2. The van der Waals surface area contributed by atoms with E-state index in [0.29, 0.717) is 18.7 Å². The van der Waals surface area contributed by atoms with Crippen LogP contribution in [-0.4, -0.2) is 35.9 Å². The summed E-state index contributed by atoms with van der Waals surface area (Å²) in [6, 6.07) is 3.85. The number of likely N-dealkylation sites (tertiary alicyclic amines) is 1. The second-order valence-electron chi connectivity index (χ2n) is 4.13. The van der Waals surface area contributed by atoms with Gasteiger partial charge < -0.3 is 0 Å². The maximum Gasteiger partial charge on any atom is 0.151 e. The van der Waals surface area contributed by atoms with Crippen molar-refractivity contribution in [2.75, 3.05) is 13.1 Å². The quantitative estimate of drug-likeness (QED) is 0.733. The van der Waals surface area contributed by atoms with E-state index in [1.54, 1.807) is 0 Å². The molecule has 4 heteroatoms. The Morgan fingerprint density at radius 1 is 1.44 bits per heavy atom. The number of aromatic nitrogens is 1. The zero-order chi connectivity index (χ0) is 11.4. The Hall–Kier alpha value is -1.29. The number of pyridine rings is 1. The third-order valence-corrected chi connectivity index (χ3v) is 2.89. The fraction of sp³-hybridized carbons (Fsp3) is 0.500. The lowest BCUT2D eigenvalue weighted by Crippen LogP contribution is -2.33. The van der Waals surface area contributed by atoms with Gasteiger partial charge in [0, 0.05) is 25.8 Å². The summed E-state index contributed by atoms with van der Waals surface area (Å²) in [5, 5.41) is 0. The number of alkyl halides is 1. The number of halogens is 1. The molecule has 2 heterocycles. The monoisotopic (exact) mass is 221 g/mol. The summed E-state index contributed by atoms with van der Waals surface area (Å²) in [5.74, 6) is 0.645. The molecule has 0 bridgehead atoms. The van der Waals surface area contributed by atoms with Crippen LogP contribution < -0.4 is 0 Å². The normalized spacial score (nSPS) is 18.6. The fourth-order valence-corrected chi connectivity index (χ4v) is 1.92. The van der Waals surface area contributed by atoms with E-state index >= 15 is 0 Å². The molecule has 1 aromatic heterocycles. The largest absolute Gasteiger partial charge is 0.299 e. The third-order valence-electron chi connectivity index (χ3n) is 2.89. The molecule has 0 spiro atoms. The summed E-state index contributed by atoms with van der Waals surface area (Å²) in [5.41, 5.74) is 1.14. The van der Waals surface area contributed by atoms with Crippen molar-refractivity contribution in [3.8, 4) is 0 Å². The number of hydrogen-bond donors (Lipinski definition) is 0. The van der Waals surface area contributed by atoms with Gasteiger partial charge in [0.25, 0.3) is 0 Å². The zero-order valence-corrected chi connectivity index (χ0v) is 9.27. The van der Waals surface area contributed by atoms with Crippen LogP contribution in [0, 0.1) is 0 Å². The van der Waals surface area contributed by atoms with E-state index in [1.165, 1.54) is 0 Å². The Kier molecular flexibility index (Phi) is 3.62. The van der Waals surface area contributed by atoms with Gasteiger partial charge in [-0.05, 0) is 31.2 Å². The van der Waals surface area contributed by atoms with E-state index in [4.69, 9.17) is 0 Å². The molecule has 3 nitrogen and oxygen atoms in total. The van der Waals surface area contributed by atoms with Crippen molar-refractivity contribution in [1.29, 1.82) is 0 Å². The van der Waals surface area contributed by atoms with E-state index in [-0.39, 0.29) is 0 Å². The molecule has 1 saturated heterocycles. The molecule has 1 aliphatic rings. The zero-order valence-electron chi connectivity index (χ0n) is 9.27. The number of hydrogen-bond acceptors (Lipinski definition) is 3. The molecule has 0 atom stereocenters. The molecule has 0 unspecified atom stereocenters. The summed E-state index contributed by atoms with van der Waals surface area (Å²) in [6.45, 7) is 5.94. The van der Waals surface area contributed by atoms with E-state index < -0.39 is 6.17 Å². The van der Waals surface area contributed by atoms with Crippen molar-refractivity contribution >= 4 is 12.5 Å². The molecule has 1 aromatic rings. The summed E-state index contributed by atoms with van der Waals surface area (Å²) in [6.07, 6.45) is 2.51. The first-order valence-corrected chi connectivity index (χ1v) is 5.56. The highest BCUT2D eigenvalue weighted by Gasteiger charge is 2.18. The molecule has 86 valence electrons. The highest BCUT2D eigenvalue weighted by Crippen LogP contribution is 2.16. The molecule has 0 radical (unpaired) electrons. The van der Waals surface area contributed by atoms with Gasteiger partial charge in [0.1, 0.15) is 6.17 Å². The Bertz CT molecular complexity index is 342. The summed E-state index contributed by atoms with van der Waals surface area (Å²) in [4.78, 5) is 10.1. The number of nitrogens with zero attached hydrogens (tertiary/aromatic N) is 3. The lowest BCUT2D eigenvalue weighted by atomic mass is 10.1. The molecule has 1 fully saturated rings. The Balaban J connectivity index is 1.91. The number of rotatable bonds is 3. The lowest BCUT2D eigenvalue weighted by molar-refractivity contribution is 0.145. The highest BCUT2D eigenvalue weighted by molar-refractivity contribution is 5.39. The second-order valence-corrected chi connectivity index (χ2v) is 4.13. The van der Waals surface area contributed by atoms with E-state index in [2.05, 4.69) is 21.6 Å². The summed E-state index contributed by atoms with van der Waals surface area (Å²) >= 11 is 0. The number of aliphatic imine (C=N–C) groups is 1. The maximum atomic E-state index is 12.9. The predicted molar refractivity (Wildman–Crippen MR) is 62.9 cm³/mol. The molecule has 0 saturated carbocycles. The van der Waals surface area contributed by atoms with Gasteiger partial charge in [-0.1, -0.05) is 6.07 Å². The van der Waals surface area contributed by atoms with Crippen LogP contribution in [0.3, 0.4) is 0 Å². The van der Waals surface area contributed by atoms with Crippen LogP contribution in [0.25, 0.3) is 0 Å². The van der Waals surface area contributed by atoms with Crippen molar-refractivity contribution in [2.24, 2.45) is 4.99 Å². The van der Waals surface area contributed by atoms with Crippen LogP contribution in [0.4, 0.5) is 10.2 Å². The highest BCUT2D eigenvalue weighted by atomic mass is 19.1. The smallest absolute Gasteiger partial charge is 0.151 e. The van der Waals surface area contributed by atoms with Crippen molar-refractivity contribution in [3.05, 3.63) is 23.9 Å². The van der Waals surface area contributed by atoms with Crippen LogP contribution in [0.2, 0.25) is 0 Å². The van der Waals surface area contributed by atoms with Gasteiger partial charge in [0.05, 0.1) is 0 Å². The maximum absolute atomic E-state index is 12.9. The molecule has 0 amide bonds. The van der Waals surface area contributed by atoms with Gasteiger partial charge in [-0.25, -0.2) is 14.4 Å². The average molecular weight is 221 g/mol. The average Bonchev–Trinajstić information content (AvgIpc) is 2.33. The molecule has 1 aliphatic heterocycles. The molecule has 2 rings (SSSR count). The SMILES string of the molecule is C=Nc1ccc(CN2CCC(F)CC2)cn1. The van der Waals surface area contributed by atoms with E-state index in [9.17, 15) is 4.39 Å². The first-order chi connectivity index (χ1) is 7.78. The first-order valence-electron chi connectivity index (χ1n) is 5.56. The van der Waals surface area contributed by atoms with Gasteiger partial charge in [-0.15, -0.1) is 0 Å². The molecule has 0 aromatic carbocycles. The Morgan fingerprint density at radius 2 is 2.19 bits per heavy atom. The van der Waals surface area contributed by atoms with Crippen LogP contribution in [0.1, 0.15) is 18.4 Å². The second kappa shape index (κ2) is 5.16. The molecule has 16 heavy (non-hydrogen) atoms. The van der Waals surface area contributed by atoms with Crippen LogP contribution in [-0.2, 0) is 6.54 Å². The van der Waals surface area contributed by atoms with Gasteiger partial charge in [0.2, 0.25) is 0 Å². The minimum absolute atomic E-state index is 0.610. The predicted octanol–water partition coefficient (Wildman–Crippen LogP) is 2.35. The molecular formula is C12H16FN3. The fourth-order valence-electron chi connectivity index (χ4n) is 1.92. The van der Waals surface area contributed by atoms with Crippen molar-refractivity contribution < 1.29 is 4.39 Å². The van der Waals surface area contributed by atoms with E-state index in [0.717, 1.165) is 25.2 Å². The van der Waals surface area contributed by atoms with E-state index in [1.807, 2.05) is 18.3 Å². The summed E-state index contributed by atoms with van der Waals surface area (Å²) in [7, 11) is 0. The van der Waals surface area contributed by atoms with Gasteiger partial charge in [-0.2, -0.15) is 0 Å². The van der Waals surface area contributed by atoms with Gasteiger partial charge >= 0.3 is 0 Å². The van der Waals surface area contributed by atoms with Crippen LogP contribution in [0.15, 0.2) is 23.3 Å². The van der Waals surface area contributed by atoms with Gasteiger partial charge in [-0.3, -0.25) is 4.90 Å². The number of piperidine rings is 1. The van der Waals surface area contributed by atoms with Crippen molar-refractivity contribution in [1.82, 2.24) is 9.88 Å².